The summed E-state index contributed by atoms with van der Waals surface area (Å²) in [4.78, 5) is 10.9. The van der Waals surface area contributed by atoms with Crippen LogP contribution in [-0.4, -0.2) is 52.1 Å². The third-order valence-corrected chi connectivity index (χ3v) is 8.70. The number of aliphatic carboxylic acids is 1. The van der Waals surface area contributed by atoms with E-state index in [4.69, 9.17) is 9.84 Å². The molecule has 8 nitrogen and oxygen atoms in total. The fraction of sp³-hybridized carbons (Fsp3) is 0.222. The second-order valence-electron chi connectivity index (χ2n) is 8.80. The van der Waals surface area contributed by atoms with Crippen LogP contribution in [0, 0.1) is 0 Å². The summed E-state index contributed by atoms with van der Waals surface area (Å²) < 4.78 is 85.1. The molecular weight excluding hydrogens is 552 g/mol. The highest BCUT2D eigenvalue weighted by Crippen LogP contribution is 2.37. The zero-order valence-electron chi connectivity index (χ0n) is 21.2. The minimum absolute atomic E-state index is 0.0217. The van der Waals surface area contributed by atoms with Crippen LogP contribution in [0.3, 0.4) is 0 Å². The van der Waals surface area contributed by atoms with Crippen molar-refractivity contribution in [3.8, 4) is 16.9 Å². The van der Waals surface area contributed by atoms with E-state index in [0.29, 0.717) is 16.7 Å². The molecule has 12 heteroatoms. The van der Waals surface area contributed by atoms with Gasteiger partial charge in [0.15, 0.2) is 16.4 Å². The topological polar surface area (TPSA) is 118 Å². The molecule has 0 heterocycles. The number of halogens is 2. The first-order valence-electron chi connectivity index (χ1n) is 11.5. The van der Waals surface area contributed by atoms with Gasteiger partial charge in [-0.25, -0.2) is 30.4 Å². The number of hydrogen-bond acceptors (Lipinski definition) is 6. The van der Waals surface area contributed by atoms with Gasteiger partial charge in [-0.05, 0) is 53.6 Å². The van der Waals surface area contributed by atoms with Crippen molar-refractivity contribution in [1.82, 2.24) is 4.31 Å². The molecule has 0 fully saturated rings. The van der Waals surface area contributed by atoms with Gasteiger partial charge in [0.1, 0.15) is 5.75 Å². The Labute approximate surface area is 226 Å². The number of carboxylic acid groups (broad SMARTS) is 1. The minimum Gasteiger partial charge on any atom is -0.481 e. The van der Waals surface area contributed by atoms with E-state index in [1.807, 2.05) is 0 Å². The van der Waals surface area contributed by atoms with E-state index < -0.39 is 44.8 Å². The van der Waals surface area contributed by atoms with Gasteiger partial charge in [-0.3, -0.25) is 0 Å². The maximum Gasteiger partial charge on any atom is 0.341 e. The number of carboxylic acids is 1. The van der Waals surface area contributed by atoms with Crippen LogP contribution in [0.4, 0.5) is 8.78 Å². The fourth-order valence-corrected chi connectivity index (χ4v) is 5.55. The van der Waals surface area contributed by atoms with Crippen LogP contribution in [0.25, 0.3) is 11.1 Å². The van der Waals surface area contributed by atoms with E-state index in [2.05, 4.69) is 6.58 Å². The highest BCUT2D eigenvalue weighted by molar-refractivity contribution is 7.90. The van der Waals surface area contributed by atoms with Crippen molar-refractivity contribution >= 4 is 25.8 Å². The molecule has 0 bridgehead atoms. The lowest BCUT2D eigenvalue weighted by Crippen LogP contribution is -2.26. The summed E-state index contributed by atoms with van der Waals surface area (Å²) in [7, 11) is -6.19. The number of hydrogen-bond donors (Lipinski definition) is 1. The summed E-state index contributed by atoms with van der Waals surface area (Å²) in [5, 5.41) is 9.04. The van der Waals surface area contributed by atoms with Gasteiger partial charge in [0.25, 0.3) is 5.92 Å². The first-order valence-corrected chi connectivity index (χ1v) is 14.8. The Balaban J connectivity index is 1.98. The van der Waals surface area contributed by atoms with Gasteiger partial charge in [-0.15, -0.1) is 6.58 Å². The summed E-state index contributed by atoms with van der Waals surface area (Å²) in [5.74, 6) is -4.30. The van der Waals surface area contributed by atoms with Gasteiger partial charge in [-0.2, -0.15) is 4.31 Å². The smallest absolute Gasteiger partial charge is 0.341 e. The molecule has 0 aliphatic heterocycles. The molecule has 3 aromatic rings. The zero-order valence-corrected chi connectivity index (χ0v) is 22.8. The van der Waals surface area contributed by atoms with Gasteiger partial charge >= 0.3 is 5.97 Å². The van der Waals surface area contributed by atoms with Crippen LogP contribution in [0.2, 0.25) is 0 Å². The third kappa shape index (κ3) is 7.28. The molecule has 3 aromatic carbocycles. The molecule has 0 aliphatic carbocycles. The third-order valence-electron chi connectivity index (χ3n) is 5.76. The largest absolute Gasteiger partial charge is 0.481 e. The molecule has 0 aliphatic rings. The lowest BCUT2D eigenvalue weighted by molar-refractivity contribution is -0.139. The molecule has 0 unspecified atom stereocenters. The van der Waals surface area contributed by atoms with Crippen molar-refractivity contribution in [2.24, 2.45) is 0 Å². The highest BCUT2D eigenvalue weighted by Gasteiger charge is 2.30. The summed E-state index contributed by atoms with van der Waals surface area (Å²) in [6.45, 7) is 2.57. The highest BCUT2D eigenvalue weighted by atomic mass is 32.2. The molecule has 0 saturated carbocycles. The van der Waals surface area contributed by atoms with E-state index in [1.54, 1.807) is 12.1 Å². The Bertz CT molecular complexity index is 1590. The van der Waals surface area contributed by atoms with Crippen LogP contribution in [0.15, 0.2) is 89.2 Å². The number of nitrogens with zero attached hydrogens (tertiary/aromatic N) is 1. The predicted octanol–water partition coefficient (Wildman–Crippen LogP) is 4.71. The van der Waals surface area contributed by atoms with Crippen molar-refractivity contribution in [3.63, 3.8) is 0 Å². The Morgan fingerprint density at radius 2 is 1.67 bits per heavy atom. The van der Waals surface area contributed by atoms with Gasteiger partial charge in [0.2, 0.25) is 10.0 Å². The monoisotopic (exact) mass is 579 g/mol. The summed E-state index contributed by atoms with van der Waals surface area (Å²) in [5.41, 5.74) is 0.815. The maximum absolute atomic E-state index is 14.6. The fourth-order valence-electron chi connectivity index (χ4n) is 3.76. The standard InChI is InChI=1S/C27H27F2NO7S2/c1-4-14-27(28,29)21-7-5-6-20(16-21)24-15-19(8-13-25(24)37-18-26(31)32)17-30(2)39(35,36)23-11-9-22(10-12-23)38(3,33)34/h4-13,15-16H,1,14,17-18H2,2-3H3,(H,31,32). The quantitative estimate of drug-likeness (QED) is 0.309. The number of carbonyl (C=O) groups is 1. The lowest BCUT2D eigenvalue weighted by Gasteiger charge is -2.20. The number of ether oxygens (including phenoxy) is 1. The van der Waals surface area contributed by atoms with Crippen LogP contribution >= 0.6 is 0 Å². The number of sulfone groups is 1. The number of benzene rings is 3. The number of allylic oxidation sites excluding steroid dienone is 1. The Morgan fingerprint density at radius 1 is 1.03 bits per heavy atom. The first kappa shape index (κ1) is 29.9. The molecule has 1 N–H and O–H groups in total. The van der Waals surface area contributed by atoms with E-state index >= 15 is 0 Å². The second kappa shape index (κ2) is 11.6. The van der Waals surface area contributed by atoms with Crippen molar-refractivity contribution in [1.29, 1.82) is 0 Å². The van der Waals surface area contributed by atoms with Gasteiger partial charge in [0.05, 0.1) is 9.79 Å². The van der Waals surface area contributed by atoms with E-state index in [0.717, 1.165) is 16.6 Å². The predicted molar refractivity (Wildman–Crippen MR) is 142 cm³/mol. The molecule has 0 atom stereocenters. The zero-order chi connectivity index (χ0) is 29.0. The molecule has 0 radical (unpaired) electrons. The van der Waals surface area contributed by atoms with Crippen LogP contribution in [0.5, 0.6) is 5.75 Å². The number of rotatable bonds is 12. The number of alkyl halides is 2. The van der Waals surface area contributed by atoms with Crippen molar-refractivity contribution < 1.29 is 40.3 Å². The number of sulfonamides is 1. The molecule has 0 saturated heterocycles. The lowest BCUT2D eigenvalue weighted by atomic mass is 9.97. The van der Waals surface area contributed by atoms with E-state index in [9.17, 15) is 30.4 Å². The van der Waals surface area contributed by atoms with Crippen molar-refractivity contribution in [3.05, 3.63) is 90.5 Å². The Morgan fingerprint density at radius 3 is 2.26 bits per heavy atom. The normalized spacial score (nSPS) is 12.3. The van der Waals surface area contributed by atoms with E-state index in [-0.39, 0.29) is 27.6 Å². The molecule has 39 heavy (non-hydrogen) atoms. The second-order valence-corrected chi connectivity index (χ2v) is 12.9. The molecule has 0 amide bonds. The molecule has 3 rings (SSSR count). The average molecular weight is 580 g/mol. The summed E-state index contributed by atoms with van der Waals surface area (Å²) in [6, 6.07) is 14.9. The minimum atomic E-state index is -4.02. The molecule has 208 valence electrons. The first-order chi connectivity index (χ1) is 18.1. The van der Waals surface area contributed by atoms with Gasteiger partial charge < -0.3 is 9.84 Å². The SMILES string of the molecule is C=CCC(F)(F)c1cccc(-c2cc(CN(C)S(=O)(=O)c3ccc(S(C)(=O)=O)cc3)ccc2OCC(=O)O)c1. The van der Waals surface area contributed by atoms with Crippen LogP contribution in [0.1, 0.15) is 17.5 Å². The molecular formula is C27H27F2NO7S2. The van der Waals surface area contributed by atoms with Gasteiger partial charge in [-0.1, -0.05) is 30.3 Å². The summed E-state index contributed by atoms with van der Waals surface area (Å²) in [6.07, 6.45) is 1.55. The Hall–Kier alpha value is -3.61. The molecule has 0 aromatic heterocycles. The summed E-state index contributed by atoms with van der Waals surface area (Å²) >= 11 is 0. The Kier molecular flexibility index (Phi) is 8.94. The molecule has 0 spiro atoms. The maximum atomic E-state index is 14.6. The van der Waals surface area contributed by atoms with Crippen LogP contribution < -0.4 is 4.74 Å². The average Bonchev–Trinajstić information content (AvgIpc) is 2.87. The van der Waals surface area contributed by atoms with Gasteiger partial charge in [0, 0.05) is 37.4 Å². The van der Waals surface area contributed by atoms with Crippen molar-refractivity contribution in [2.45, 2.75) is 28.7 Å². The van der Waals surface area contributed by atoms with Crippen molar-refractivity contribution in [2.75, 3.05) is 19.9 Å². The van der Waals surface area contributed by atoms with Crippen LogP contribution in [-0.2, 0) is 37.1 Å². The van der Waals surface area contributed by atoms with E-state index in [1.165, 1.54) is 61.6 Å².